The predicted molar refractivity (Wildman–Crippen MR) is 394 cm³/mol. The number of hydrogen-bond donors (Lipinski definition) is 7. The number of nitriles is 1. The number of benzene rings is 2. The van der Waals surface area contributed by atoms with E-state index in [9.17, 15) is 19.6 Å². The number of piperazine rings is 3. The SMILES string of the molecule is CN1CCN(c2ccc(Nc3ccc(-c4cnc5c(C#N)cccn45)c4c3C(=O)NC4)nc2)CC1.Cc1ccn2c(-c3ccc(Nc4ccc(N5CCNCC5)cn4)c4c3CNC4=O)cnc2c1.Cc1ccn2c(-c3ncc(Nc4ccc(N5CCN(C)CC5)cn4)c4c3CNC4=O)cnc2c1. The molecule has 0 spiro atoms. The number of pyridine rings is 7. The van der Waals surface area contributed by atoms with E-state index in [0.29, 0.717) is 76.4 Å². The molecule has 0 bridgehead atoms. The van der Waals surface area contributed by atoms with Gasteiger partial charge in [0, 0.05) is 133 Å². The molecule has 3 saturated heterocycles. The summed E-state index contributed by atoms with van der Waals surface area (Å²) < 4.78 is 5.96. The van der Waals surface area contributed by atoms with Crippen molar-refractivity contribution < 1.29 is 14.4 Å². The molecule has 102 heavy (non-hydrogen) atoms. The van der Waals surface area contributed by atoms with Gasteiger partial charge in [0.15, 0.2) is 5.65 Å². The third-order valence-electron chi connectivity index (χ3n) is 19.8. The van der Waals surface area contributed by atoms with Crippen molar-refractivity contribution in [2.75, 3.05) is 123 Å². The number of carbonyl (C=O) groups is 3. The minimum absolute atomic E-state index is 0.0727. The lowest BCUT2D eigenvalue weighted by molar-refractivity contribution is 0.0958. The Kier molecular flexibility index (Phi) is 17.3. The smallest absolute Gasteiger partial charge is 0.254 e. The van der Waals surface area contributed by atoms with Crippen molar-refractivity contribution in [3.8, 4) is 40.0 Å². The summed E-state index contributed by atoms with van der Waals surface area (Å²) in [5.41, 5.74) is 20.6. The van der Waals surface area contributed by atoms with Crippen molar-refractivity contribution in [3.05, 3.63) is 209 Å². The molecule has 6 aliphatic heterocycles. The summed E-state index contributed by atoms with van der Waals surface area (Å²) in [5.74, 6) is 1.78. The Hall–Kier alpha value is -12.3. The van der Waals surface area contributed by atoms with Crippen LogP contribution in [0.25, 0.3) is 50.8 Å². The third kappa shape index (κ3) is 12.6. The largest absolute Gasteiger partial charge is 0.368 e. The molecule has 12 aromatic rings. The Morgan fingerprint density at radius 3 is 1.38 bits per heavy atom. The molecule has 0 aliphatic carbocycles. The van der Waals surface area contributed by atoms with Crippen LogP contribution in [0.15, 0.2) is 159 Å². The fourth-order valence-corrected chi connectivity index (χ4v) is 14.2. The van der Waals surface area contributed by atoms with E-state index in [-0.39, 0.29) is 17.7 Å². The average Bonchev–Trinajstić information content (AvgIpc) is 1.60. The first-order valence-electron chi connectivity index (χ1n) is 34.3. The fraction of sp³-hybridized carbons (Fsp3) is 0.250. The molecule has 0 unspecified atom stereocenters. The van der Waals surface area contributed by atoms with E-state index >= 15 is 0 Å². The maximum absolute atomic E-state index is 12.8. The summed E-state index contributed by atoms with van der Waals surface area (Å²) in [4.78, 5) is 82.1. The Morgan fingerprint density at radius 2 is 0.882 bits per heavy atom. The number of anilines is 9. The molecule has 26 nitrogen and oxygen atoms in total. The van der Waals surface area contributed by atoms with Gasteiger partial charge in [-0.05, 0) is 135 Å². The van der Waals surface area contributed by atoms with E-state index in [2.05, 4.69) is 160 Å². The topological polar surface area (TPSA) is 279 Å². The molecule has 3 amide bonds. The number of nitrogens with one attached hydrogen (secondary N) is 7. The number of hydrogen-bond acceptors (Lipinski definition) is 20. The monoisotopic (exact) mass is 1360 g/mol. The minimum atomic E-state index is -0.120. The molecule has 16 heterocycles. The summed E-state index contributed by atoms with van der Waals surface area (Å²) in [7, 11) is 4.29. The molecule has 18 rings (SSSR count). The standard InChI is InChI=1S/C26H24N8O.C25H26N8O.C25H25N7O/c1-32-9-11-33(12-10-32)18-4-7-23(28-14-18)31-21-6-5-19(20-15-30-26(35)24(20)21)22-16-29-25-17(13-27)3-2-8-34(22)25;1-16-5-6-33-20(15-27-22(33)11-16)24-18-13-29-25(34)23(18)19(14-28-24)30-21-4-3-17(12-26-21)32-9-7-31(2)8-10-32;1-16-6-9-32-21(15-28-23(32)12-16)18-3-4-20(24-19(18)14-29-25(24)33)30-22-5-2-17(13-27-22)31-10-7-26-8-11-31/h2-8,14,16H,9-12,15H2,1H3,(H,28,31)(H,30,35);3-6,11-12,14-15H,7-10,13H2,1-2H3,(H,26,30)(H,29,34);2-6,9,12-13,15,26H,7-8,10-11,14H2,1H3,(H,27,30)(H,29,33). The Labute approximate surface area is 588 Å². The van der Waals surface area contributed by atoms with Crippen molar-refractivity contribution in [1.29, 1.82) is 5.26 Å². The first-order chi connectivity index (χ1) is 49.9. The van der Waals surface area contributed by atoms with Crippen LogP contribution in [0, 0.1) is 25.2 Å². The zero-order valence-electron chi connectivity index (χ0n) is 57.0. The van der Waals surface area contributed by atoms with E-state index in [4.69, 9.17) is 4.98 Å². The van der Waals surface area contributed by atoms with Crippen LogP contribution in [0.1, 0.15) is 64.5 Å². The first kappa shape index (κ1) is 64.4. The summed E-state index contributed by atoms with van der Waals surface area (Å²) >= 11 is 0. The maximum Gasteiger partial charge on any atom is 0.254 e. The van der Waals surface area contributed by atoms with Crippen LogP contribution in [-0.2, 0) is 19.6 Å². The van der Waals surface area contributed by atoms with Gasteiger partial charge in [0.1, 0.15) is 34.8 Å². The van der Waals surface area contributed by atoms with Crippen molar-refractivity contribution in [2.24, 2.45) is 0 Å². The number of aromatic nitrogens is 10. The van der Waals surface area contributed by atoms with Crippen LogP contribution < -0.4 is 51.9 Å². The lowest BCUT2D eigenvalue weighted by Crippen LogP contribution is -2.44. The second kappa shape index (κ2) is 27.4. The second-order valence-corrected chi connectivity index (χ2v) is 26.4. The van der Waals surface area contributed by atoms with E-state index in [1.165, 1.54) is 0 Å². The van der Waals surface area contributed by atoms with E-state index in [1.807, 2.05) is 120 Å². The van der Waals surface area contributed by atoms with Gasteiger partial charge in [-0.3, -0.25) is 32.6 Å². The lowest BCUT2D eigenvalue weighted by atomic mass is 9.99. The van der Waals surface area contributed by atoms with Crippen molar-refractivity contribution in [2.45, 2.75) is 33.5 Å². The molecule has 6 aliphatic rings. The highest BCUT2D eigenvalue weighted by Crippen LogP contribution is 2.39. The summed E-state index contributed by atoms with van der Waals surface area (Å²) in [6.07, 6.45) is 18.7. The van der Waals surface area contributed by atoms with E-state index in [0.717, 1.165) is 174 Å². The van der Waals surface area contributed by atoms with Crippen LogP contribution in [-0.4, -0.2) is 168 Å². The van der Waals surface area contributed by atoms with Gasteiger partial charge in [0.05, 0.1) is 123 Å². The molecular weight excluding hydrogens is 1280 g/mol. The number of nitrogens with zero attached hydrogens (tertiary/aromatic N) is 16. The van der Waals surface area contributed by atoms with Crippen LogP contribution >= 0.6 is 0 Å². The van der Waals surface area contributed by atoms with Crippen LogP contribution in [0.2, 0.25) is 0 Å². The van der Waals surface area contributed by atoms with Crippen molar-refractivity contribution in [1.82, 2.24) is 79.2 Å². The Morgan fingerprint density at radius 1 is 0.431 bits per heavy atom. The van der Waals surface area contributed by atoms with Gasteiger partial charge in [0.2, 0.25) is 0 Å². The summed E-state index contributed by atoms with van der Waals surface area (Å²) in [5, 5.41) is 31.6. The molecule has 2 aromatic carbocycles. The number of aryl methyl sites for hydroxylation is 2. The molecular formula is C76H75N23O3. The molecule has 0 radical (unpaired) electrons. The van der Waals surface area contributed by atoms with Gasteiger partial charge in [-0.25, -0.2) is 29.9 Å². The van der Waals surface area contributed by atoms with Gasteiger partial charge >= 0.3 is 0 Å². The highest BCUT2D eigenvalue weighted by atomic mass is 16.2. The number of likely N-dealkylation sites (N-methyl/N-ethyl adjacent to an activating group) is 2. The van der Waals surface area contributed by atoms with Gasteiger partial charge in [-0.15, -0.1) is 0 Å². The normalized spacial score (nSPS) is 15.8. The highest BCUT2D eigenvalue weighted by molar-refractivity contribution is 6.08. The minimum Gasteiger partial charge on any atom is -0.368 e. The molecule has 7 N–H and O–H groups in total. The summed E-state index contributed by atoms with van der Waals surface area (Å²) in [6, 6.07) is 33.9. The Balaban J connectivity index is 0.000000118. The molecule has 0 saturated carbocycles. The van der Waals surface area contributed by atoms with Crippen LogP contribution in [0.3, 0.4) is 0 Å². The molecule has 10 aromatic heterocycles. The maximum atomic E-state index is 12.8. The van der Waals surface area contributed by atoms with Gasteiger partial charge in [-0.2, -0.15) is 5.26 Å². The lowest BCUT2D eigenvalue weighted by Gasteiger charge is -2.33. The van der Waals surface area contributed by atoms with Gasteiger partial charge in [-0.1, -0.05) is 12.1 Å². The van der Waals surface area contributed by atoms with Crippen LogP contribution in [0.4, 0.5) is 51.6 Å². The highest BCUT2D eigenvalue weighted by Gasteiger charge is 2.32. The third-order valence-corrected chi connectivity index (χ3v) is 19.8. The molecule has 3 fully saturated rings. The zero-order valence-corrected chi connectivity index (χ0v) is 57.0. The number of fused-ring (bicyclic) bond motifs is 6. The zero-order chi connectivity index (χ0) is 69.5. The second-order valence-electron chi connectivity index (χ2n) is 26.4. The number of rotatable bonds is 12. The van der Waals surface area contributed by atoms with Crippen molar-refractivity contribution >= 4 is 86.2 Å². The number of amides is 3. The van der Waals surface area contributed by atoms with E-state index < -0.39 is 0 Å². The van der Waals surface area contributed by atoms with Crippen LogP contribution in [0.5, 0.6) is 0 Å². The quantitative estimate of drug-likeness (QED) is 0.0601. The fourth-order valence-electron chi connectivity index (χ4n) is 14.2. The predicted octanol–water partition coefficient (Wildman–Crippen LogP) is 8.95. The van der Waals surface area contributed by atoms with E-state index in [1.54, 1.807) is 18.5 Å². The van der Waals surface area contributed by atoms with Crippen molar-refractivity contribution in [3.63, 3.8) is 0 Å². The Bertz CT molecular complexity index is 5250. The molecule has 512 valence electrons. The average molecular weight is 1360 g/mol. The molecule has 26 heteroatoms. The number of imidazole rings is 3. The van der Waals surface area contributed by atoms with Gasteiger partial charge < -0.3 is 61.7 Å². The summed E-state index contributed by atoms with van der Waals surface area (Å²) in [6.45, 7) is 17.5. The number of carbonyl (C=O) groups excluding carboxylic acids is 3. The molecule has 0 atom stereocenters. The first-order valence-corrected chi connectivity index (χ1v) is 34.3. The van der Waals surface area contributed by atoms with Gasteiger partial charge in [0.25, 0.3) is 17.7 Å².